The van der Waals surface area contributed by atoms with Crippen LogP contribution in [0.4, 0.5) is 10.1 Å². The fourth-order valence-electron chi connectivity index (χ4n) is 1.79. The number of hydrogen-bond donors (Lipinski definition) is 1. The van der Waals surface area contributed by atoms with E-state index >= 15 is 0 Å². The Kier molecular flexibility index (Phi) is 2.88. The predicted molar refractivity (Wildman–Crippen MR) is 66.4 cm³/mol. The first-order valence-corrected chi connectivity index (χ1v) is 5.53. The zero-order valence-corrected chi connectivity index (χ0v) is 10.3. The number of benzene rings is 1. The molecule has 0 aliphatic carbocycles. The van der Waals surface area contributed by atoms with E-state index < -0.39 is 0 Å². The Morgan fingerprint density at radius 2 is 2.00 bits per heavy atom. The second-order valence-corrected chi connectivity index (χ2v) is 4.30. The number of hydrogen-bond acceptors (Lipinski definition) is 2. The maximum atomic E-state index is 13.7. The summed E-state index contributed by atoms with van der Waals surface area (Å²) in [6.45, 7) is 6.41. The SMILES string of the molecule is Cc1nn(Cc2ccc(N)cc2F)c(C)c1C. The minimum atomic E-state index is -0.282. The van der Waals surface area contributed by atoms with Gasteiger partial charge in [-0.3, -0.25) is 4.68 Å². The van der Waals surface area contributed by atoms with Crippen LogP contribution < -0.4 is 5.73 Å². The maximum absolute atomic E-state index is 13.7. The second kappa shape index (κ2) is 4.20. The molecule has 0 radical (unpaired) electrons. The Bertz CT molecular complexity index is 558. The standard InChI is InChI=1S/C13H16FN3/c1-8-9(2)16-17(10(8)3)7-11-4-5-12(15)6-13(11)14/h4-6H,7,15H2,1-3H3. The van der Waals surface area contributed by atoms with Crippen molar-refractivity contribution in [2.45, 2.75) is 27.3 Å². The highest BCUT2D eigenvalue weighted by Gasteiger charge is 2.09. The lowest BCUT2D eigenvalue weighted by molar-refractivity contribution is 0.579. The van der Waals surface area contributed by atoms with E-state index in [2.05, 4.69) is 5.10 Å². The molecular weight excluding hydrogens is 217 g/mol. The van der Waals surface area contributed by atoms with Gasteiger partial charge in [-0.15, -0.1) is 0 Å². The van der Waals surface area contributed by atoms with Crippen LogP contribution in [0.5, 0.6) is 0 Å². The molecule has 0 spiro atoms. The number of nitrogen functional groups attached to an aromatic ring is 1. The number of aromatic nitrogens is 2. The van der Waals surface area contributed by atoms with Gasteiger partial charge < -0.3 is 5.73 Å². The molecule has 1 heterocycles. The smallest absolute Gasteiger partial charge is 0.130 e. The van der Waals surface area contributed by atoms with Gasteiger partial charge in [-0.25, -0.2) is 4.39 Å². The molecule has 2 aromatic rings. The van der Waals surface area contributed by atoms with Crippen LogP contribution in [-0.4, -0.2) is 9.78 Å². The topological polar surface area (TPSA) is 43.8 Å². The highest BCUT2D eigenvalue weighted by Crippen LogP contribution is 2.16. The predicted octanol–water partition coefficient (Wildman–Crippen LogP) is 2.58. The number of nitrogens with two attached hydrogens (primary N) is 1. The van der Waals surface area contributed by atoms with Crippen molar-refractivity contribution in [3.8, 4) is 0 Å². The molecular formula is C13H16FN3. The Morgan fingerprint density at radius 3 is 2.53 bits per heavy atom. The third-order valence-electron chi connectivity index (χ3n) is 3.14. The van der Waals surface area contributed by atoms with Crippen molar-refractivity contribution in [1.82, 2.24) is 9.78 Å². The number of anilines is 1. The molecule has 0 bridgehead atoms. The first-order chi connectivity index (χ1) is 7.99. The van der Waals surface area contributed by atoms with E-state index in [1.54, 1.807) is 12.1 Å². The highest BCUT2D eigenvalue weighted by atomic mass is 19.1. The molecule has 3 nitrogen and oxygen atoms in total. The van der Waals surface area contributed by atoms with Crippen molar-refractivity contribution in [3.05, 3.63) is 46.5 Å². The van der Waals surface area contributed by atoms with E-state index in [-0.39, 0.29) is 5.82 Å². The molecule has 0 saturated carbocycles. The van der Waals surface area contributed by atoms with Crippen molar-refractivity contribution in [2.24, 2.45) is 0 Å². The quantitative estimate of drug-likeness (QED) is 0.810. The van der Waals surface area contributed by atoms with E-state index in [1.165, 1.54) is 6.07 Å². The van der Waals surface area contributed by atoms with E-state index in [1.807, 2.05) is 25.5 Å². The fraction of sp³-hybridized carbons (Fsp3) is 0.308. The number of rotatable bonds is 2. The first-order valence-electron chi connectivity index (χ1n) is 5.53. The summed E-state index contributed by atoms with van der Waals surface area (Å²) in [6.07, 6.45) is 0. The van der Waals surface area contributed by atoms with Gasteiger partial charge in [0.15, 0.2) is 0 Å². The van der Waals surface area contributed by atoms with Gasteiger partial charge in [0.2, 0.25) is 0 Å². The Morgan fingerprint density at radius 1 is 1.29 bits per heavy atom. The lowest BCUT2D eigenvalue weighted by atomic mass is 10.2. The number of nitrogens with zero attached hydrogens (tertiary/aromatic N) is 2. The summed E-state index contributed by atoms with van der Waals surface area (Å²) in [6, 6.07) is 4.75. The summed E-state index contributed by atoms with van der Waals surface area (Å²) in [5.74, 6) is -0.282. The normalized spacial score (nSPS) is 10.8. The molecule has 0 fully saturated rings. The molecule has 1 aromatic heterocycles. The van der Waals surface area contributed by atoms with Crippen LogP contribution in [-0.2, 0) is 6.54 Å². The van der Waals surface area contributed by atoms with Crippen molar-refractivity contribution in [3.63, 3.8) is 0 Å². The Hall–Kier alpha value is -1.84. The molecule has 1 aromatic carbocycles. The summed E-state index contributed by atoms with van der Waals surface area (Å²) < 4.78 is 15.5. The average molecular weight is 233 g/mol. The number of aryl methyl sites for hydroxylation is 1. The van der Waals surface area contributed by atoms with Gasteiger partial charge in [0.25, 0.3) is 0 Å². The highest BCUT2D eigenvalue weighted by molar-refractivity contribution is 5.40. The zero-order valence-electron chi connectivity index (χ0n) is 10.3. The Balaban J connectivity index is 2.34. The minimum absolute atomic E-state index is 0.282. The molecule has 0 saturated heterocycles. The number of halogens is 1. The average Bonchev–Trinajstić information content (AvgIpc) is 2.50. The van der Waals surface area contributed by atoms with Gasteiger partial charge in [-0.05, 0) is 38.5 Å². The van der Waals surface area contributed by atoms with Crippen LogP contribution in [0.1, 0.15) is 22.5 Å². The first kappa shape index (κ1) is 11.6. The second-order valence-electron chi connectivity index (χ2n) is 4.30. The van der Waals surface area contributed by atoms with Crippen LogP contribution in [0.25, 0.3) is 0 Å². The van der Waals surface area contributed by atoms with Gasteiger partial charge in [-0.2, -0.15) is 5.10 Å². The van der Waals surface area contributed by atoms with Gasteiger partial charge in [0.05, 0.1) is 12.2 Å². The molecule has 4 heteroatoms. The van der Waals surface area contributed by atoms with E-state index in [0.29, 0.717) is 17.8 Å². The van der Waals surface area contributed by atoms with Crippen LogP contribution >= 0.6 is 0 Å². The summed E-state index contributed by atoms with van der Waals surface area (Å²) >= 11 is 0. The zero-order chi connectivity index (χ0) is 12.6. The lowest BCUT2D eigenvalue weighted by Gasteiger charge is -2.06. The molecule has 90 valence electrons. The molecule has 2 N–H and O–H groups in total. The summed E-state index contributed by atoms with van der Waals surface area (Å²) in [7, 11) is 0. The molecule has 0 atom stereocenters. The van der Waals surface area contributed by atoms with E-state index in [0.717, 1.165) is 17.0 Å². The van der Waals surface area contributed by atoms with Gasteiger partial charge in [0, 0.05) is 16.9 Å². The van der Waals surface area contributed by atoms with Crippen LogP contribution in [0.3, 0.4) is 0 Å². The van der Waals surface area contributed by atoms with Crippen molar-refractivity contribution >= 4 is 5.69 Å². The van der Waals surface area contributed by atoms with Gasteiger partial charge in [-0.1, -0.05) is 6.07 Å². The van der Waals surface area contributed by atoms with Crippen LogP contribution in [0.15, 0.2) is 18.2 Å². The molecule has 0 amide bonds. The minimum Gasteiger partial charge on any atom is -0.399 e. The summed E-state index contributed by atoms with van der Waals surface area (Å²) in [5, 5.41) is 4.39. The summed E-state index contributed by atoms with van der Waals surface area (Å²) in [5.41, 5.74) is 9.77. The van der Waals surface area contributed by atoms with Crippen molar-refractivity contribution < 1.29 is 4.39 Å². The van der Waals surface area contributed by atoms with Crippen molar-refractivity contribution in [2.75, 3.05) is 5.73 Å². The van der Waals surface area contributed by atoms with E-state index in [9.17, 15) is 4.39 Å². The lowest BCUT2D eigenvalue weighted by Crippen LogP contribution is -2.06. The third kappa shape index (κ3) is 2.16. The van der Waals surface area contributed by atoms with Crippen molar-refractivity contribution in [1.29, 1.82) is 0 Å². The van der Waals surface area contributed by atoms with Gasteiger partial charge >= 0.3 is 0 Å². The largest absolute Gasteiger partial charge is 0.399 e. The van der Waals surface area contributed by atoms with Crippen LogP contribution in [0, 0.1) is 26.6 Å². The molecule has 0 aliphatic rings. The van der Waals surface area contributed by atoms with Gasteiger partial charge in [0.1, 0.15) is 5.82 Å². The Labute approximate surface area is 100 Å². The fourth-order valence-corrected chi connectivity index (χ4v) is 1.79. The van der Waals surface area contributed by atoms with Crippen LogP contribution in [0.2, 0.25) is 0 Å². The molecule has 17 heavy (non-hydrogen) atoms. The molecule has 0 aliphatic heterocycles. The van der Waals surface area contributed by atoms with E-state index in [4.69, 9.17) is 5.73 Å². The third-order valence-corrected chi connectivity index (χ3v) is 3.14. The maximum Gasteiger partial charge on any atom is 0.130 e. The molecule has 2 rings (SSSR count). The monoisotopic (exact) mass is 233 g/mol. The molecule has 0 unspecified atom stereocenters. The summed E-state index contributed by atoms with van der Waals surface area (Å²) in [4.78, 5) is 0.